The van der Waals surface area contributed by atoms with Crippen molar-refractivity contribution in [2.75, 3.05) is 31.8 Å². The zero-order valence-corrected chi connectivity index (χ0v) is 18.7. The first-order valence-electron chi connectivity index (χ1n) is 10.2. The molecule has 0 radical (unpaired) electrons. The number of benzene rings is 1. The number of rotatable bonds is 6. The van der Waals surface area contributed by atoms with Gasteiger partial charge in [-0.05, 0) is 37.8 Å². The number of carbonyl (C=O) groups excluding carboxylic acids is 1. The SMILES string of the molecule is CCN(C)C(=O)C1CCc2c(sc3ncnc(Nc4cc(C=N)c(N)cc4OC)c23)C1. The smallest absolute Gasteiger partial charge is 0.225 e. The second-order valence-electron chi connectivity index (χ2n) is 7.65. The highest BCUT2D eigenvalue weighted by atomic mass is 32.1. The van der Waals surface area contributed by atoms with Gasteiger partial charge in [-0.3, -0.25) is 4.79 Å². The number of ether oxygens (including phenoxy) is 1. The van der Waals surface area contributed by atoms with Crippen molar-refractivity contribution in [3.63, 3.8) is 0 Å². The molecule has 1 aliphatic carbocycles. The first kappa shape index (κ1) is 21.0. The lowest BCUT2D eigenvalue weighted by molar-refractivity contribution is -0.134. The molecular formula is C22H26N6O2S. The zero-order valence-electron chi connectivity index (χ0n) is 17.9. The predicted octanol–water partition coefficient (Wildman–Crippen LogP) is 3.61. The quantitative estimate of drug-likeness (QED) is 0.400. The zero-order chi connectivity index (χ0) is 22.1. The molecule has 9 heteroatoms. The van der Waals surface area contributed by atoms with E-state index in [1.54, 1.807) is 41.8 Å². The van der Waals surface area contributed by atoms with E-state index in [9.17, 15) is 4.79 Å². The number of nitrogens with two attached hydrogens (primary N) is 1. The van der Waals surface area contributed by atoms with Crippen LogP contribution in [0.2, 0.25) is 0 Å². The Kier molecular flexibility index (Phi) is 5.77. The van der Waals surface area contributed by atoms with Crippen molar-refractivity contribution < 1.29 is 9.53 Å². The molecule has 2 aromatic heterocycles. The van der Waals surface area contributed by atoms with Crippen LogP contribution in [-0.4, -0.2) is 47.7 Å². The van der Waals surface area contributed by atoms with Gasteiger partial charge in [0.05, 0.1) is 18.2 Å². The van der Waals surface area contributed by atoms with E-state index >= 15 is 0 Å². The summed E-state index contributed by atoms with van der Waals surface area (Å²) >= 11 is 1.64. The maximum atomic E-state index is 12.7. The number of anilines is 3. The monoisotopic (exact) mass is 438 g/mol. The summed E-state index contributed by atoms with van der Waals surface area (Å²) in [5, 5.41) is 11.9. The number of thiophene rings is 1. The molecule has 0 saturated heterocycles. The van der Waals surface area contributed by atoms with Crippen LogP contribution >= 0.6 is 11.3 Å². The van der Waals surface area contributed by atoms with Crippen molar-refractivity contribution in [3.8, 4) is 5.75 Å². The van der Waals surface area contributed by atoms with Gasteiger partial charge in [-0.25, -0.2) is 9.97 Å². The van der Waals surface area contributed by atoms with Crippen LogP contribution in [0.3, 0.4) is 0 Å². The summed E-state index contributed by atoms with van der Waals surface area (Å²) in [7, 11) is 3.44. The number of aromatic nitrogens is 2. The van der Waals surface area contributed by atoms with Crippen LogP contribution in [0.5, 0.6) is 5.75 Å². The second kappa shape index (κ2) is 8.50. The fourth-order valence-electron chi connectivity index (χ4n) is 4.01. The number of amides is 1. The molecule has 1 unspecified atom stereocenters. The van der Waals surface area contributed by atoms with Gasteiger partial charge in [0, 0.05) is 47.9 Å². The number of nitrogens with one attached hydrogen (secondary N) is 2. The van der Waals surface area contributed by atoms with E-state index in [0.717, 1.165) is 36.0 Å². The fraction of sp³-hybridized carbons (Fsp3) is 0.364. The molecule has 1 atom stereocenters. The number of hydrogen-bond donors (Lipinski definition) is 3. The molecule has 0 fully saturated rings. The highest BCUT2D eigenvalue weighted by Gasteiger charge is 2.30. The van der Waals surface area contributed by atoms with E-state index in [0.29, 0.717) is 28.5 Å². The average molecular weight is 439 g/mol. The van der Waals surface area contributed by atoms with Gasteiger partial charge >= 0.3 is 0 Å². The van der Waals surface area contributed by atoms with Crippen LogP contribution in [0.15, 0.2) is 18.5 Å². The molecule has 0 saturated carbocycles. The third-order valence-corrected chi connectivity index (χ3v) is 7.02. The van der Waals surface area contributed by atoms with Crippen molar-refractivity contribution in [2.24, 2.45) is 5.92 Å². The van der Waals surface area contributed by atoms with E-state index in [1.807, 2.05) is 14.0 Å². The van der Waals surface area contributed by atoms with E-state index in [4.69, 9.17) is 15.9 Å². The van der Waals surface area contributed by atoms with E-state index in [1.165, 1.54) is 16.7 Å². The number of aryl methyl sites for hydroxylation is 1. The normalized spacial score (nSPS) is 15.4. The molecule has 1 aromatic carbocycles. The lowest BCUT2D eigenvalue weighted by Crippen LogP contribution is -2.35. The summed E-state index contributed by atoms with van der Waals surface area (Å²) in [6, 6.07) is 3.48. The maximum Gasteiger partial charge on any atom is 0.225 e. The van der Waals surface area contributed by atoms with Gasteiger partial charge in [0.2, 0.25) is 5.91 Å². The molecule has 1 aliphatic rings. The molecular weight excluding hydrogens is 412 g/mol. The molecule has 162 valence electrons. The van der Waals surface area contributed by atoms with Gasteiger partial charge in [-0.15, -0.1) is 11.3 Å². The van der Waals surface area contributed by atoms with Crippen LogP contribution in [0.25, 0.3) is 10.2 Å². The molecule has 1 amide bonds. The summed E-state index contributed by atoms with van der Waals surface area (Å²) in [6.45, 7) is 2.71. The third-order valence-electron chi connectivity index (χ3n) is 5.86. The number of fused-ring (bicyclic) bond motifs is 3. The Labute approximate surface area is 185 Å². The Morgan fingerprint density at radius 3 is 2.97 bits per heavy atom. The number of nitrogens with zero attached hydrogens (tertiary/aromatic N) is 3. The molecule has 4 N–H and O–H groups in total. The Bertz CT molecular complexity index is 1160. The summed E-state index contributed by atoms with van der Waals surface area (Å²) in [5.41, 5.74) is 8.97. The summed E-state index contributed by atoms with van der Waals surface area (Å²) < 4.78 is 5.48. The molecule has 0 bridgehead atoms. The minimum Gasteiger partial charge on any atom is -0.494 e. The second-order valence-corrected chi connectivity index (χ2v) is 8.73. The first-order valence-corrected chi connectivity index (χ1v) is 11.0. The number of hydrogen-bond acceptors (Lipinski definition) is 8. The maximum absolute atomic E-state index is 12.7. The highest BCUT2D eigenvalue weighted by molar-refractivity contribution is 7.19. The summed E-state index contributed by atoms with van der Waals surface area (Å²) in [5.74, 6) is 1.49. The van der Waals surface area contributed by atoms with Gasteiger partial charge in [0.25, 0.3) is 0 Å². The average Bonchev–Trinajstić information content (AvgIpc) is 3.17. The Balaban J connectivity index is 1.72. The van der Waals surface area contributed by atoms with E-state index in [-0.39, 0.29) is 11.8 Å². The van der Waals surface area contributed by atoms with Gasteiger partial charge in [0.1, 0.15) is 22.7 Å². The number of nitrogen functional groups attached to an aromatic ring is 1. The lowest BCUT2D eigenvalue weighted by atomic mass is 9.87. The van der Waals surface area contributed by atoms with E-state index in [2.05, 4.69) is 15.3 Å². The minimum absolute atomic E-state index is 0.0159. The summed E-state index contributed by atoms with van der Waals surface area (Å²) in [4.78, 5) is 25.6. The Morgan fingerprint density at radius 1 is 1.45 bits per heavy atom. The van der Waals surface area contributed by atoms with Gasteiger partial charge in [-0.1, -0.05) is 0 Å². The van der Waals surface area contributed by atoms with Gasteiger partial charge < -0.3 is 26.1 Å². The van der Waals surface area contributed by atoms with Crippen molar-refractivity contribution in [2.45, 2.75) is 26.2 Å². The largest absolute Gasteiger partial charge is 0.494 e. The molecule has 4 rings (SSSR count). The van der Waals surface area contributed by atoms with Crippen molar-refractivity contribution in [1.82, 2.24) is 14.9 Å². The molecule has 31 heavy (non-hydrogen) atoms. The lowest BCUT2D eigenvalue weighted by Gasteiger charge is -2.26. The Hall–Kier alpha value is -3.20. The molecule has 8 nitrogen and oxygen atoms in total. The molecule has 2 heterocycles. The van der Waals surface area contributed by atoms with Crippen molar-refractivity contribution in [1.29, 1.82) is 5.41 Å². The van der Waals surface area contributed by atoms with Crippen LogP contribution in [0.4, 0.5) is 17.2 Å². The minimum atomic E-state index is 0.0159. The van der Waals surface area contributed by atoms with Crippen LogP contribution in [0, 0.1) is 11.3 Å². The third kappa shape index (κ3) is 3.81. The van der Waals surface area contributed by atoms with Crippen LogP contribution < -0.4 is 15.8 Å². The standard InChI is InChI=1S/C22H26N6O2S/c1-4-28(2)22(29)12-5-6-14-18(8-12)31-21-19(14)20(25-11-26-21)27-16-7-13(10-23)15(24)9-17(16)30-3/h7,9-12,23H,4-6,8,24H2,1-3H3,(H,25,26,27). The van der Waals surface area contributed by atoms with Crippen LogP contribution in [-0.2, 0) is 17.6 Å². The number of methoxy groups -OCH3 is 1. The van der Waals surface area contributed by atoms with Crippen LogP contribution in [0.1, 0.15) is 29.3 Å². The highest BCUT2D eigenvalue weighted by Crippen LogP contribution is 2.41. The Morgan fingerprint density at radius 2 is 2.26 bits per heavy atom. The fourth-order valence-corrected chi connectivity index (χ4v) is 5.28. The first-order chi connectivity index (χ1) is 15.0. The topological polar surface area (TPSA) is 117 Å². The number of carbonyl (C=O) groups is 1. The molecule has 0 spiro atoms. The van der Waals surface area contributed by atoms with Crippen molar-refractivity contribution >= 4 is 50.9 Å². The summed E-state index contributed by atoms with van der Waals surface area (Å²) in [6.07, 6.45) is 5.13. The predicted molar refractivity (Wildman–Crippen MR) is 125 cm³/mol. The van der Waals surface area contributed by atoms with E-state index < -0.39 is 0 Å². The van der Waals surface area contributed by atoms with Gasteiger partial charge in [0.15, 0.2) is 0 Å². The van der Waals surface area contributed by atoms with Gasteiger partial charge in [-0.2, -0.15) is 0 Å². The van der Waals surface area contributed by atoms with Crippen molar-refractivity contribution in [3.05, 3.63) is 34.5 Å². The molecule has 0 aliphatic heterocycles. The molecule has 3 aromatic rings.